The summed E-state index contributed by atoms with van der Waals surface area (Å²) < 4.78 is 7.21. The van der Waals surface area contributed by atoms with Crippen molar-refractivity contribution in [1.29, 1.82) is 0 Å². The van der Waals surface area contributed by atoms with Gasteiger partial charge in [-0.05, 0) is 19.4 Å². The van der Waals surface area contributed by atoms with Crippen molar-refractivity contribution in [2.45, 2.75) is 32.7 Å². The maximum Gasteiger partial charge on any atom is 0.251 e. The fourth-order valence-electron chi connectivity index (χ4n) is 2.07. The van der Waals surface area contributed by atoms with Crippen LogP contribution in [0.1, 0.15) is 41.8 Å². The normalized spacial score (nSPS) is 12.7. The molecule has 0 amide bonds. The van der Waals surface area contributed by atoms with Crippen LogP contribution < -0.4 is 0 Å². The molecule has 3 aromatic heterocycles. The highest BCUT2D eigenvalue weighted by Crippen LogP contribution is 2.20. The zero-order valence-electron chi connectivity index (χ0n) is 11.4. The van der Waals surface area contributed by atoms with Gasteiger partial charge in [0.05, 0.1) is 17.1 Å². The number of aryl methyl sites for hydroxylation is 1. The Balaban J connectivity index is 1.79. The van der Waals surface area contributed by atoms with Gasteiger partial charge in [-0.2, -0.15) is 10.1 Å². The minimum absolute atomic E-state index is 0.0107. The minimum Gasteiger partial charge on any atom is -0.337 e. The Morgan fingerprint density at radius 3 is 2.95 bits per heavy atom. The molecule has 104 valence electrons. The molecule has 0 saturated heterocycles. The van der Waals surface area contributed by atoms with E-state index >= 15 is 0 Å². The largest absolute Gasteiger partial charge is 0.337 e. The third kappa shape index (κ3) is 2.62. The molecule has 1 unspecified atom stereocenters. The SMILES string of the molecule is CCC(c1nc(Cc2csc(C)n2)no1)n1cccn1. The van der Waals surface area contributed by atoms with Crippen molar-refractivity contribution in [3.63, 3.8) is 0 Å². The Labute approximate surface area is 120 Å². The first-order chi connectivity index (χ1) is 9.76. The van der Waals surface area contributed by atoms with E-state index in [-0.39, 0.29) is 6.04 Å². The summed E-state index contributed by atoms with van der Waals surface area (Å²) >= 11 is 1.63. The second-order valence-corrected chi connectivity index (χ2v) is 5.56. The van der Waals surface area contributed by atoms with Gasteiger partial charge in [0.25, 0.3) is 5.89 Å². The molecule has 0 aromatic carbocycles. The molecule has 0 radical (unpaired) electrons. The number of rotatable bonds is 5. The van der Waals surface area contributed by atoms with Crippen LogP contribution in [0.4, 0.5) is 0 Å². The van der Waals surface area contributed by atoms with Crippen molar-refractivity contribution in [1.82, 2.24) is 24.9 Å². The standard InChI is InChI=1S/C13H15N5OS/c1-3-11(18-6-4-5-14-18)13-16-12(17-19-13)7-10-8-20-9(2)15-10/h4-6,8,11H,3,7H2,1-2H3. The van der Waals surface area contributed by atoms with E-state index < -0.39 is 0 Å². The van der Waals surface area contributed by atoms with Gasteiger partial charge in [0.1, 0.15) is 6.04 Å². The second kappa shape index (κ2) is 5.54. The van der Waals surface area contributed by atoms with Crippen LogP contribution in [0.5, 0.6) is 0 Å². The van der Waals surface area contributed by atoms with Gasteiger partial charge in [0.2, 0.25) is 0 Å². The van der Waals surface area contributed by atoms with Crippen molar-refractivity contribution >= 4 is 11.3 Å². The van der Waals surface area contributed by atoms with Gasteiger partial charge in [0.15, 0.2) is 5.82 Å². The van der Waals surface area contributed by atoms with E-state index in [2.05, 4.69) is 27.1 Å². The number of hydrogen-bond donors (Lipinski definition) is 0. The minimum atomic E-state index is -0.0107. The summed E-state index contributed by atoms with van der Waals surface area (Å²) in [5.41, 5.74) is 0.979. The molecular formula is C13H15N5OS. The van der Waals surface area contributed by atoms with E-state index in [1.54, 1.807) is 17.5 Å². The van der Waals surface area contributed by atoms with Crippen molar-refractivity contribution in [3.05, 3.63) is 46.3 Å². The van der Waals surface area contributed by atoms with Crippen molar-refractivity contribution in [2.24, 2.45) is 0 Å². The number of nitrogens with zero attached hydrogens (tertiary/aromatic N) is 5. The van der Waals surface area contributed by atoms with Crippen LogP contribution in [0, 0.1) is 6.92 Å². The third-order valence-corrected chi connectivity index (χ3v) is 3.83. The molecule has 3 aromatic rings. The van der Waals surface area contributed by atoms with E-state index in [4.69, 9.17) is 4.52 Å². The van der Waals surface area contributed by atoms with E-state index in [1.807, 2.05) is 29.2 Å². The summed E-state index contributed by atoms with van der Waals surface area (Å²) in [4.78, 5) is 8.88. The zero-order chi connectivity index (χ0) is 13.9. The first-order valence-electron chi connectivity index (χ1n) is 6.49. The van der Waals surface area contributed by atoms with Gasteiger partial charge in [-0.25, -0.2) is 4.98 Å². The molecule has 0 aliphatic rings. The highest BCUT2D eigenvalue weighted by atomic mass is 32.1. The fourth-order valence-corrected chi connectivity index (χ4v) is 2.68. The summed E-state index contributed by atoms with van der Waals surface area (Å²) in [5, 5.41) is 11.3. The number of aromatic nitrogens is 5. The Kier molecular flexibility index (Phi) is 3.60. The Morgan fingerprint density at radius 2 is 2.30 bits per heavy atom. The molecule has 1 atom stereocenters. The van der Waals surface area contributed by atoms with Crippen LogP contribution in [-0.2, 0) is 6.42 Å². The van der Waals surface area contributed by atoms with Crippen LogP contribution in [0.2, 0.25) is 0 Å². The highest BCUT2D eigenvalue weighted by Gasteiger charge is 2.19. The molecule has 6 nitrogen and oxygen atoms in total. The van der Waals surface area contributed by atoms with E-state index in [0.29, 0.717) is 18.1 Å². The average molecular weight is 289 g/mol. The van der Waals surface area contributed by atoms with Gasteiger partial charge in [0, 0.05) is 17.8 Å². The Bertz CT molecular complexity index is 673. The van der Waals surface area contributed by atoms with Crippen LogP contribution in [-0.4, -0.2) is 24.9 Å². The molecule has 0 aliphatic heterocycles. The highest BCUT2D eigenvalue weighted by molar-refractivity contribution is 7.09. The first-order valence-corrected chi connectivity index (χ1v) is 7.37. The van der Waals surface area contributed by atoms with Crippen molar-refractivity contribution in [3.8, 4) is 0 Å². The van der Waals surface area contributed by atoms with Crippen LogP contribution in [0.3, 0.4) is 0 Å². The molecule has 0 spiro atoms. The quantitative estimate of drug-likeness (QED) is 0.722. The number of thiazole rings is 1. The lowest BCUT2D eigenvalue weighted by molar-refractivity contribution is 0.319. The van der Waals surface area contributed by atoms with Gasteiger partial charge in [-0.15, -0.1) is 11.3 Å². The summed E-state index contributed by atoms with van der Waals surface area (Å²) in [7, 11) is 0. The average Bonchev–Trinajstić information content (AvgIpc) is 3.15. The summed E-state index contributed by atoms with van der Waals surface area (Å²) in [5.74, 6) is 1.26. The van der Waals surface area contributed by atoms with Crippen LogP contribution in [0.25, 0.3) is 0 Å². The molecular weight excluding hydrogens is 274 g/mol. The second-order valence-electron chi connectivity index (χ2n) is 4.49. The smallest absolute Gasteiger partial charge is 0.251 e. The molecule has 7 heteroatoms. The zero-order valence-corrected chi connectivity index (χ0v) is 12.2. The monoisotopic (exact) mass is 289 g/mol. The van der Waals surface area contributed by atoms with E-state index in [1.165, 1.54) is 0 Å². The Morgan fingerprint density at radius 1 is 1.40 bits per heavy atom. The van der Waals surface area contributed by atoms with E-state index in [9.17, 15) is 0 Å². The number of hydrogen-bond acceptors (Lipinski definition) is 6. The molecule has 0 bridgehead atoms. The lowest BCUT2D eigenvalue weighted by Crippen LogP contribution is -2.10. The molecule has 0 aliphatic carbocycles. The van der Waals surface area contributed by atoms with Gasteiger partial charge in [-0.3, -0.25) is 4.68 Å². The van der Waals surface area contributed by atoms with E-state index in [0.717, 1.165) is 17.1 Å². The predicted octanol–water partition coefficient (Wildman–Crippen LogP) is 2.62. The van der Waals surface area contributed by atoms with Crippen molar-refractivity contribution in [2.75, 3.05) is 0 Å². The summed E-state index contributed by atoms with van der Waals surface area (Å²) in [6, 6.07) is 1.88. The topological polar surface area (TPSA) is 69.6 Å². The van der Waals surface area contributed by atoms with Gasteiger partial charge >= 0.3 is 0 Å². The molecule has 3 heterocycles. The molecule has 0 fully saturated rings. The summed E-state index contributed by atoms with van der Waals surface area (Å²) in [6.45, 7) is 4.06. The molecule has 3 rings (SSSR count). The van der Waals surface area contributed by atoms with Gasteiger partial charge < -0.3 is 4.52 Å². The van der Waals surface area contributed by atoms with Gasteiger partial charge in [-0.1, -0.05) is 12.1 Å². The lowest BCUT2D eigenvalue weighted by atomic mass is 10.2. The van der Waals surface area contributed by atoms with Crippen molar-refractivity contribution < 1.29 is 4.52 Å². The third-order valence-electron chi connectivity index (χ3n) is 3.01. The summed E-state index contributed by atoms with van der Waals surface area (Å²) in [6.07, 6.45) is 5.10. The molecule has 20 heavy (non-hydrogen) atoms. The lowest BCUT2D eigenvalue weighted by Gasteiger charge is -2.09. The molecule has 0 N–H and O–H groups in total. The maximum atomic E-state index is 5.37. The fraction of sp³-hybridized carbons (Fsp3) is 0.385. The Hall–Kier alpha value is -2.02. The maximum absolute atomic E-state index is 5.37. The predicted molar refractivity (Wildman–Crippen MR) is 74.6 cm³/mol. The first kappa shape index (κ1) is 13.0. The van der Waals surface area contributed by atoms with Crippen LogP contribution in [0.15, 0.2) is 28.4 Å². The molecule has 0 saturated carbocycles. The van der Waals surface area contributed by atoms with Crippen LogP contribution >= 0.6 is 11.3 Å².